The minimum atomic E-state index is -0.934. The molecule has 0 fully saturated rings. The highest BCUT2D eigenvalue weighted by Gasteiger charge is 2.35. The van der Waals surface area contributed by atoms with Gasteiger partial charge in [0.15, 0.2) is 5.82 Å². The summed E-state index contributed by atoms with van der Waals surface area (Å²) in [6.45, 7) is 9.52. The average molecular weight is 254 g/mol. The number of rotatable bonds is 5. The van der Waals surface area contributed by atoms with E-state index in [4.69, 9.17) is 10.5 Å². The van der Waals surface area contributed by atoms with Crippen molar-refractivity contribution in [2.45, 2.75) is 45.8 Å². The van der Waals surface area contributed by atoms with Crippen molar-refractivity contribution in [2.24, 2.45) is 0 Å². The molecule has 0 saturated carbocycles. The molecule has 0 amide bonds. The van der Waals surface area contributed by atoms with Crippen LogP contribution in [0.25, 0.3) is 0 Å². The molecule has 0 saturated heterocycles. The van der Waals surface area contributed by atoms with Gasteiger partial charge < -0.3 is 20.9 Å². The molecule has 1 rings (SSSR count). The van der Waals surface area contributed by atoms with E-state index in [0.717, 1.165) is 0 Å². The number of nitrogens with one attached hydrogen (secondary N) is 1. The molecule has 6 heteroatoms. The van der Waals surface area contributed by atoms with Crippen LogP contribution < -0.4 is 15.8 Å². The molecule has 0 aliphatic heterocycles. The summed E-state index contributed by atoms with van der Waals surface area (Å²) in [6.07, 6.45) is 1.38. The van der Waals surface area contributed by atoms with Crippen molar-refractivity contribution in [1.29, 1.82) is 0 Å². The molecular weight excluding hydrogens is 232 g/mol. The lowest BCUT2D eigenvalue weighted by molar-refractivity contribution is 0.0239. The molecule has 0 atom stereocenters. The Kier molecular flexibility index (Phi) is 4.01. The summed E-state index contributed by atoms with van der Waals surface area (Å²) in [5.41, 5.74) is 4.74. The summed E-state index contributed by atoms with van der Waals surface area (Å²) >= 11 is 0. The van der Waals surface area contributed by atoms with Crippen LogP contribution in [0.15, 0.2) is 6.33 Å². The number of ether oxygens (including phenoxy) is 1. The maximum absolute atomic E-state index is 10.1. The fourth-order valence-electron chi connectivity index (χ4n) is 1.18. The molecule has 1 aromatic heterocycles. The lowest BCUT2D eigenvalue weighted by Crippen LogP contribution is -2.51. The number of hydrogen-bond donors (Lipinski definition) is 3. The van der Waals surface area contributed by atoms with E-state index in [-0.39, 0.29) is 0 Å². The molecule has 0 spiro atoms. The maximum Gasteiger partial charge on any atom is 0.242 e. The third-order valence-corrected chi connectivity index (χ3v) is 3.09. The van der Waals surface area contributed by atoms with Crippen LogP contribution in [0.5, 0.6) is 5.88 Å². The lowest BCUT2D eigenvalue weighted by atomic mass is 9.86. The number of nitrogen functional groups attached to an aromatic ring is 1. The zero-order valence-electron chi connectivity index (χ0n) is 11.6. The Hall–Kier alpha value is -1.56. The molecule has 0 bridgehead atoms. The van der Waals surface area contributed by atoms with Gasteiger partial charge in [-0.2, -0.15) is 4.98 Å². The highest BCUT2D eigenvalue weighted by atomic mass is 16.5. The van der Waals surface area contributed by atoms with E-state index < -0.39 is 11.1 Å². The first kappa shape index (κ1) is 14.5. The van der Waals surface area contributed by atoms with Gasteiger partial charge in [0.2, 0.25) is 5.88 Å². The van der Waals surface area contributed by atoms with Crippen LogP contribution in [0.1, 0.15) is 34.6 Å². The third kappa shape index (κ3) is 3.01. The number of aliphatic hydroxyl groups is 1. The molecule has 1 heterocycles. The Balaban J connectivity index is 3.02. The second-order valence-corrected chi connectivity index (χ2v) is 5.18. The predicted molar refractivity (Wildman–Crippen MR) is 71.6 cm³/mol. The molecule has 4 N–H and O–H groups in total. The molecule has 0 unspecified atom stereocenters. The van der Waals surface area contributed by atoms with Crippen LogP contribution in [0.4, 0.5) is 11.5 Å². The van der Waals surface area contributed by atoms with Crippen molar-refractivity contribution in [3.8, 4) is 5.88 Å². The van der Waals surface area contributed by atoms with Crippen molar-refractivity contribution >= 4 is 11.5 Å². The van der Waals surface area contributed by atoms with Gasteiger partial charge in [-0.25, -0.2) is 4.98 Å². The molecule has 6 nitrogen and oxygen atoms in total. The first-order chi connectivity index (χ1) is 8.19. The summed E-state index contributed by atoms with van der Waals surface area (Å²) in [5, 5.41) is 13.2. The van der Waals surface area contributed by atoms with E-state index in [1.807, 2.05) is 20.8 Å². The predicted octanol–water partition coefficient (Wildman–Crippen LogP) is 1.42. The van der Waals surface area contributed by atoms with Crippen molar-refractivity contribution in [3.63, 3.8) is 0 Å². The van der Waals surface area contributed by atoms with Crippen LogP contribution in [-0.2, 0) is 0 Å². The summed E-state index contributed by atoms with van der Waals surface area (Å²) in [5.74, 6) is 0.808. The van der Waals surface area contributed by atoms with Crippen molar-refractivity contribution in [2.75, 3.05) is 17.7 Å². The molecular formula is C12H22N4O2. The first-order valence-corrected chi connectivity index (χ1v) is 5.93. The van der Waals surface area contributed by atoms with Gasteiger partial charge >= 0.3 is 0 Å². The van der Waals surface area contributed by atoms with Crippen LogP contribution in [0, 0.1) is 0 Å². The quantitative estimate of drug-likeness (QED) is 0.735. The fraction of sp³-hybridized carbons (Fsp3) is 0.667. The molecule has 0 radical (unpaired) electrons. The molecule has 0 aliphatic rings. The molecule has 0 aromatic carbocycles. The largest absolute Gasteiger partial charge is 0.476 e. The van der Waals surface area contributed by atoms with E-state index in [1.54, 1.807) is 13.8 Å². The summed E-state index contributed by atoms with van der Waals surface area (Å²) in [7, 11) is 0. The van der Waals surface area contributed by atoms with Crippen molar-refractivity contribution in [3.05, 3.63) is 6.33 Å². The van der Waals surface area contributed by atoms with E-state index >= 15 is 0 Å². The van der Waals surface area contributed by atoms with Crippen molar-refractivity contribution in [1.82, 2.24) is 9.97 Å². The second kappa shape index (κ2) is 4.97. The SMILES string of the molecule is CCOc1ncnc(NC(C)(C)C(C)(C)O)c1N. The highest BCUT2D eigenvalue weighted by molar-refractivity contribution is 5.67. The van der Waals surface area contributed by atoms with Gasteiger partial charge in [0, 0.05) is 0 Å². The average Bonchev–Trinajstić information content (AvgIpc) is 2.22. The summed E-state index contributed by atoms with van der Waals surface area (Å²) in [6, 6.07) is 0. The first-order valence-electron chi connectivity index (χ1n) is 5.93. The molecule has 18 heavy (non-hydrogen) atoms. The van der Waals surface area contributed by atoms with Gasteiger partial charge in [0.1, 0.15) is 12.0 Å². The number of anilines is 2. The minimum absolute atomic E-state index is 0.344. The van der Waals surface area contributed by atoms with Crippen molar-refractivity contribution < 1.29 is 9.84 Å². The number of nitrogens with two attached hydrogens (primary N) is 1. The smallest absolute Gasteiger partial charge is 0.242 e. The van der Waals surface area contributed by atoms with Crippen LogP contribution in [0.2, 0.25) is 0 Å². The highest BCUT2D eigenvalue weighted by Crippen LogP contribution is 2.30. The molecule has 1 aromatic rings. The summed E-state index contributed by atoms with van der Waals surface area (Å²) < 4.78 is 5.30. The van der Waals surface area contributed by atoms with Crippen LogP contribution in [-0.4, -0.2) is 32.8 Å². The fourth-order valence-corrected chi connectivity index (χ4v) is 1.18. The monoisotopic (exact) mass is 254 g/mol. The zero-order chi connectivity index (χ0) is 14.0. The van der Waals surface area contributed by atoms with Gasteiger partial charge in [0.25, 0.3) is 0 Å². The van der Waals surface area contributed by atoms with Gasteiger partial charge in [-0.15, -0.1) is 0 Å². The normalized spacial score (nSPS) is 12.3. The Labute approximate surface area is 108 Å². The number of nitrogens with zero attached hydrogens (tertiary/aromatic N) is 2. The lowest BCUT2D eigenvalue weighted by Gasteiger charge is -2.38. The standard InChI is InChI=1S/C12H22N4O2/c1-6-18-10-8(13)9(14-7-15-10)16-11(2,3)12(4,5)17/h7,17H,6,13H2,1-5H3,(H,14,15,16). The Morgan fingerprint density at radius 3 is 2.44 bits per heavy atom. The van der Waals surface area contributed by atoms with Gasteiger partial charge in [-0.1, -0.05) is 0 Å². The Morgan fingerprint density at radius 2 is 1.94 bits per heavy atom. The van der Waals surface area contributed by atoms with E-state index in [9.17, 15) is 5.11 Å². The van der Waals surface area contributed by atoms with E-state index in [2.05, 4.69) is 15.3 Å². The Morgan fingerprint density at radius 1 is 1.33 bits per heavy atom. The van der Waals surface area contributed by atoms with Gasteiger partial charge in [-0.05, 0) is 34.6 Å². The zero-order valence-corrected chi connectivity index (χ0v) is 11.6. The van der Waals surface area contributed by atoms with Crippen LogP contribution in [0.3, 0.4) is 0 Å². The third-order valence-electron chi connectivity index (χ3n) is 3.09. The second-order valence-electron chi connectivity index (χ2n) is 5.18. The molecule has 0 aliphatic carbocycles. The minimum Gasteiger partial charge on any atom is -0.476 e. The number of aromatic nitrogens is 2. The van der Waals surface area contributed by atoms with E-state index in [0.29, 0.717) is 24.0 Å². The van der Waals surface area contributed by atoms with E-state index in [1.165, 1.54) is 6.33 Å². The van der Waals surface area contributed by atoms with Gasteiger partial charge in [0.05, 0.1) is 17.7 Å². The Bertz CT molecular complexity index is 413. The number of hydrogen-bond acceptors (Lipinski definition) is 6. The topological polar surface area (TPSA) is 93.3 Å². The maximum atomic E-state index is 10.1. The molecule has 102 valence electrons. The van der Waals surface area contributed by atoms with Gasteiger partial charge in [-0.3, -0.25) is 0 Å². The van der Waals surface area contributed by atoms with Crippen LogP contribution >= 0.6 is 0 Å². The summed E-state index contributed by atoms with van der Waals surface area (Å²) in [4.78, 5) is 8.04.